The standard InChI is InChI=1S/C13H18ClN3OS/c14-11-3-1-2-4-12(11)16-13(19)15-5-6-17-7-9-18-10-8-17/h1-4H,5-10H2,(H2,15,16,19). The fraction of sp³-hybridized carbons (Fsp3) is 0.462. The van der Waals surface area contributed by atoms with Crippen molar-refractivity contribution in [1.29, 1.82) is 0 Å². The summed E-state index contributed by atoms with van der Waals surface area (Å²) in [6.07, 6.45) is 0. The molecule has 19 heavy (non-hydrogen) atoms. The van der Waals surface area contributed by atoms with Crippen LogP contribution in [-0.2, 0) is 4.74 Å². The average Bonchev–Trinajstić information content (AvgIpc) is 2.43. The minimum Gasteiger partial charge on any atom is -0.379 e. The Morgan fingerprint density at radius 3 is 2.79 bits per heavy atom. The Labute approximate surface area is 124 Å². The van der Waals surface area contributed by atoms with Gasteiger partial charge in [0.25, 0.3) is 0 Å². The molecule has 1 aromatic rings. The minimum atomic E-state index is 0.598. The van der Waals surface area contributed by atoms with Crippen LogP contribution in [0.25, 0.3) is 0 Å². The van der Waals surface area contributed by atoms with Crippen molar-refractivity contribution >= 4 is 34.6 Å². The lowest BCUT2D eigenvalue weighted by Gasteiger charge is -2.26. The molecule has 0 unspecified atom stereocenters. The Bertz CT molecular complexity index is 424. The van der Waals surface area contributed by atoms with Gasteiger partial charge in [-0.2, -0.15) is 0 Å². The number of nitrogens with one attached hydrogen (secondary N) is 2. The largest absolute Gasteiger partial charge is 0.379 e. The molecule has 1 heterocycles. The summed E-state index contributed by atoms with van der Waals surface area (Å²) in [5, 5.41) is 7.54. The molecular weight excluding hydrogens is 282 g/mol. The first-order valence-electron chi connectivity index (χ1n) is 6.35. The predicted octanol–water partition coefficient (Wildman–Crippen LogP) is 1.96. The van der Waals surface area contributed by atoms with Crippen molar-refractivity contribution in [3.63, 3.8) is 0 Å². The molecule has 0 saturated carbocycles. The molecule has 0 aromatic heterocycles. The molecule has 0 spiro atoms. The van der Waals surface area contributed by atoms with Crippen LogP contribution in [0, 0.1) is 0 Å². The Balaban J connectivity index is 1.68. The molecule has 104 valence electrons. The van der Waals surface area contributed by atoms with Gasteiger partial charge >= 0.3 is 0 Å². The average molecular weight is 300 g/mol. The van der Waals surface area contributed by atoms with E-state index >= 15 is 0 Å². The van der Waals surface area contributed by atoms with Crippen LogP contribution in [0.5, 0.6) is 0 Å². The topological polar surface area (TPSA) is 36.5 Å². The molecule has 0 atom stereocenters. The lowest BCUT2D eigenvalue weighted by atomic mass is 10.3. The maximum Gasteiger partial charge on any atom is 0.170 e. The molecule has 0 amide bonds. The monoisotopic (exact) mass is 299 g/mol. The van der Waals surface area contributed by atoms with Crippen molar-refractivity contribution in [2.75, 3.05) is 44.7 Å². The summed E-state index contributed by atoms with van der Waals surface area (Å²) in [5.41, 5.74) is 0.827. The van der Waals surface area contributed by atoms with Gasteiger partial charge in [-0.15, -0.1) is 0 Å². The second-order valence-electron chi connectivity index (χ2n) is 4.31. The maximum absolute atomic E-state index is 6.05. The van der Waals surface area contributed by atoms with Crippen molar-refractivity contribution in [2.45, 2.75) is 0 Å². The molecule has 1 aliphatic rings. The molecule has 0 aliphatic carbocycles. The number of morpholine rings is 1. The number of hydrogen-bond acceptors (Lipinski definition) is 3. The molecule has 0 bridgehead atoms. The van der Waals surface area contributed by atoms with Gasteiger partial charge in [-0.1, -0.05) is 23.7 Å². The first-order chi connectivity index (χ1) is 9.25. The van der Waals surface area contributed by atoms with Gasteiger partial charge in [0.15, 0.2) is 5.11 Å². The summed E-state index contributed by atoms with van der Waals surface area (Å²) in [6.45, 7) is 5.41. The van der Waals surface area contributed by atoms with E-state index in [0.29, 0.717) is 10.1 Å². The van der Waals surface area contributed by atoms with Crippen LogP contribution >= 0.6 is 23.8 Å². The van der Waals surface area contributed by atoms with E-state index in [4.69, 9.17) is 28.6 Å². The van der Waals surface area contributed by atoms with E-state index in [1.807, 2.05) is 24.3 Å². The third kappa shape index (κ3) is 4.95. The van der Waals surface area contributed by atoms with E-state index in [-0.39, 0.29) is 0 Å². The van der Waals surface area contributed by atoms with E-state index in [9.17, 15) is 0 Å². The molecule has 1 aliphatic heterocycles. The van der Waals surface area contributed by atoms with Crippen molar-refractivity contribution < 1.29 is 4.74 Å². The Morgan fingerprint density at radius 2 is 2.05 bits per heavy atom. The second kappa shape index (κ2) is 7.65. The van der Waals surface area contributed by atoms with Gasteiger partial charge in [0.2, 0.25) is 0 Å². The molecule has 1 fully saturated rings. The lowest BCUT2D eigenvalue weighted by Crippen LogP contribution is -2.42. The first kappa shape index (κ1) is 14.5. The third-order valence-corrected chi connectivity index (χ3v) is 3.52. The molecular formula is C13H18ClN3OS. The lowest BCUT2D eigenvalue weighted by molar-refractivity contribution is 0.0389. The van der Waals surface area contributed by atoms with Crippen molar-refractivity contribution in [1.82, 2.24) is 10.2 Å². The molecule has 2 N–H and O–H groups in total. The van der Waals surface area contributed by atoms with Crippen LogP contribution in [0.2, 0.25) is 5.02 Å². The highest BCUT2D eigenvalue weighted by Gasteiger charge is 2.09. The zero-order valence-electron chi connectivity index (χ0n) is 10.7. The minimum absolute atomic E-state index is 0.598. The molecule has 1 aromatic carbocycles. The van der Waals surface area contributed by atoms with Crippen molar-refractivity contribution in [3.8, 4) is 0 Å². The highest BCUT2D eigenvalue weighted by molar-refractivity contribution is 7.80. The number of thiocarbonyl (C=S) groups is 1. The number of rotatable bonds is 4. The maximum atomic E-state index is 6.05. The third-order valence-electron chi connectivity index (χ3n) is 2.94. The summed E-state index contributed by atoms with van der Waals surface area (Å²) in [6, 6.07) is 7.55. The quantitative estimate of drug-likeness (QED) is 0.831. The predicted molar refractivity (Wildman–Crippen MR) is 82.9 cm³/mol. The van der Waals surface area contributed by atoms with E-state index in [2.05, 4.69) is 15.5 Å². The van der Waals surface area contributed by atoms with Crippen molar-refractivity contribution in [2.24, 2.45) is 0 Å². The van der Waals surface area contributed by atoms with Crippen LogP contribution in [0.15, 0.2) is 24.3 Å². The highest BCUT2D eigenvalue weighted by atomic mass is 35.5. The number of ether oxygens (including phenoxy) is 1. The highest BCUT2D eigenvalue weighted by Crippen LogP contribution is 2.19. The van der Waals surface area contributed by atoms with Crippen LogP contribution in [0.3, 0.4) is 0 Å². The Hall–Kier alpha value is -0.880. The van der Waals surface area contributed by atoms with E-state index in [1.165, 1.54) is 0 Å². The summed E-state index contributed by atoms with van der Waals surface area (Å²) in [4.78, 5) is 2.36. The van der Waals surface area contributed by atoms with E-state index < -0.39 is 0 Å². The summed E-state index contributed by atoms with van der Waals surface area (Å²) < 4.78 is 5.30. The zero-order chi connectivity index (χ0) is 13.5. The smallest absolute Gasteiger partial charge is 0.170 e. The molecule has 4 nitrogen and oxygen atoms in total. The van der Waals surface area contributed by atoms with Gasteiger partial charge in [0.05, 0.1) is 23.9 Å². The van der Waals surface area contributed by atoms with Gasteiger partial charge in [0.1, 0.15) is 0 Å². The fourth-order valence-electron chi connectivity index (χ4n) is 1.88. The number of benzene rings is 1. The summed E-state index contributed by atoms with van der Waals surface area (Å²) >= 11 is 11.3. The first-order valence-corrected chi connectivity index (χ1v) is 7.14. The SMILES string of the molecule is S=C(NCCN1CCOCC1)Nc1ccccc1Cl. The van der Waals surface area contributed by atoms with Gasteiger partial charge in [-0.3, -0.25) is 4.90 Å². The number of para-hydroxylation sites is 1. The van der Waals surface area contributed by atoms with Gasteiger partial charge in [0, 0.05) is 26.2 Å². The van der Waals surface area contributed by atoms with Crippen LogP contribution in [-0.4, -0.2) is 49.4 Å². The van der Waals surface area contributed by atoms with E-state index in [0.717, 1.165) is 45.1 Å². The van der Waals surface area contributed by atoms with Crippen LogP contribution in [0.4, 0.5) is 5.69 Å². The van der Waals surface area contributed by atoms with Gasteiger partial charge in [-0.05, 0) is 24.4 Å². The molecule has 2 rings (SSSR count). The van der Waals surface area contributed by atoms with Crippen LogP contribution in [0.1, 0.15) is 0 Å². The number of hydrogen-bond donors (Lipinski definition) is 2. The Kier molecular flexibility index (Phi) is 5.85. The van der Waals surface area contributed by atoms with Crippen LogP contribution < -0.4 is 10.6 Å². The Morgan fingerprint density at radius 1 is 1.32 bits per heavy atom. The summed E-state index contributed by atoms with van der Waals surface area (Å²) in [5.74, 6) is 0. The molecule has 1 saturated heterocycles. The number of halogens is 1. The van der Waals surface area contributed by atoms with Gasteiger partial charge in [-0.25, -0.2) is 0 Å². The van der Waals surface area contributed by atoms with E-state index in [1.54, 1.807) is 0 Å². The number of anilines is 1. The fourth-order valence-corrected chi connectivity index (χ4v) is 2.28. The normalized spacial score (nSPS) is 16.1. The van der Waals surface area contributed by atoms with Crippen molar-refractivity contribution in [3.05, 3.63) is 29.3 Å². The van der Waals surface area contributed by atoms with Gasteiger partial charge < -0.3 is 15.4 Å². The second-order valence-corrected chi connectivity index (χ2v) is 5.13. The summed E-state index contributed by atoms with van der Waals surface area (Å²) in [7, 11) is 0. The molecule has 6 heteroatoms. The zero-order valence-corrected chi connectivity index (χ0v) is 12.3. The number of nitrogens with zero attached hydrogens (tertiary/aromatic N) is 1. The molecule has 0 radical (unpaired) electrons.